The quantitative estimate of drug-likeness (QED) is 0.911. The molecule has 23 heavy (non-hydrogen) atoms. The number of ether oxygens (including phenoxy) is 2. The number of fused-ring (bicyclic) bond motifs is 1. The van der Waals surface area contributed by atoms with Gasteiger partial charge in [-0.3, -0.25) is 0 Å². The van der Waals surface area contributed by atoms with Gasteiger partial charge in [-0.25, -0.2) is 13.1 Å². The first-order valence-electron chi connectivity index (χ1n) is 7.43. The van der Waals surface area contributed by atoms with Crippen molar-refractivity contribution in [2.24, 2.45) is 0 Å². The Morgan fingerprint density at radius 1 is 1.09 bits per heavy atom. The second-order valence-corrected chi connectivity index (χ2v) is 7.40. The van der Waals surface area contributed by atoms with Gasteiger partial charge in [0.25, 0.3) is 0 Å². The summed E-state index contributed by atoms with van der Waals surface area (Å²) in [5.74, 6) is 1.28. The van der Waals surface area contributed by atoms with Crippen molar-refractivity contribution in [3.8, 4) is 11.5 Å². The molecule has 0 aromatic heterocycles. The molecule has 2 aromatic carbocycles. The third-order valence-electron chi connectivity index (χ3n) is 3.58. The van der Waals surface area contributed by atoms with Crippen molar-refractivity contribution >= 4 is 10.0 Å². The van der Waals surface area contributed by atoms with Crippen molar-refractivity contribution in [2.45, 2.75) is 18.8 Å². The van der Waals surface area contributed by atoms with Gasteiger partial charge in [0.05, 0.1) is 12.3 Å². The molecule has 1 heterocycles. The van der Waals surface area contributed by atoms with Crippen molar-refractivity contribution in [3.05, 3.63) is 59.7 Å². The van der Waals surface area contributed by atoms with Crippen LogP contribution in [0.3, 0.4) is 0 Å². The first-order valence-corrected chi connectivity index (χ1v) is 9.08. The molecule has 2 aromatic rings. The van der Waals surface area contributed by atoms with Gasteiger partial charge in [-0.1, -0.05) is 42.0 Å². The molecule has 0 unspecified atom stereocenters. The molecule has 0 radical (unpaired) electrons. The van der Waals surface area contributed by atoms with E-state index in [1.54, 1.807) is 0 Å². The Bertz CT molecular complexity index is 771. The molecule has 1 N–H and O–H groups in total. The van der Waals surface area contributed by atoms with Crippen LogP contribution in [0.25, 0.3) is 0 Å². The Hall–Kier alpha value is -2.05. The lowest BCUT2D eigenvalue weighted by atomic mass is 10.2. The van der Waals surface area contributed by atoms with Crippen molar-refractivity contribution in [1.82, 2.24) is 4.72 Å². The lowest BCUT2D eigenvalue weighted by Gasteiger charge is -2.26. The standard InChI is InChI=1S/C17H19NO4S/c1-13-6-8-14(9-7-13)12-23(19,20)18-10-15-11-21-16-4-2-3-5-17(16)22-15/h2-9,15,18H,10-12H2,1H3/t15-/m1/s1. The second kappa shape index (κ2) is 6.60. The van der Waals surface area contributed by atoms with E-state index in [4.69, 9.17) is 9.47 Å². The molecule has 0 amide bonds. The van der Waals surface area contributed by atoms with Crippen molar-refractivity contribution in [2.75, 3.05) is 13.2 Å². The maximum atomic E-state index is 12.2. The molecule has 1 aliphatic rings. The Kier molecular flexibility index (Phi) is 4.54. The van der Waals surface area contributed by atoms with E-state index in [0.29, 0.717) is 18.1 Å². The molecule has 0 fully saturated rings. The summed E-state index contributed by atoms with van der Waals surface area (Å²) in [6.45, 7) is 2.47. The van der Waals surface area contributed by atoms with E-state index >= 15 is 0 Å². The highest BCUT2D eigenvalue weighted by Gasteiger charge is 2.22. The lowest BCUT2D eigenvalue weighted by Crippen LogP contribution is -2.41. The predicted octanol–water partition coefficient (Wildman–Crippen LogP) is 2.25. The van der Waals surface area contributed by atoms with E-state index in [2.05, 4.69) is 4.72 Å². The average Bonchev–Trinajstić information content (AvgIpc) is 2.55. The van der Waals surface area contributed by atoms with E-state index < -0.39 is 10.0 Å². The van der Waals surface area contributed by atoms with Crippen LogP contribution in [0.1, 0.15) is 11.1 Å². The zero-order valence-corrected chi connectivity index (χ0v) is 13.7. The largest absolute Gasteiger partial charge is 0.486 e. The first kappa shape index (κ1) is 15.8. The molecule has 0 saturated heterocycles. The summed E-state index contributed by atoms with van der Waals surface area (Å²) >= 11 is 0. The first-order chi connectivity index (χ1) is 11.0. The molecule has 0 saturated carbocycles. The highest BCUT2D eigenvalue weighted by Crippen LogP contribution is 2.30. The Balaban J connectivity index is 1.56. The van der Waals surface area contributed by atoms with Crippen LogP contribution in [0.2, 0.25) is 0 Å². The second-order valence-electron chi connectivity index (χ2n) is 5.59. The van der Waals surface area contributed by atoms with E-state index in [1.165, 1.54) is 0 Å². The van der Waals surface area contributed by atoms with Crippen LogP contribution in [-0.2, 0) is 15.8 Å². The van der Waals surface area contributed by atoms with Crippen LogP contribution in [0.5, 0.6) is 11.5 Å². The minimum atomic E-state index is -3.41. The average molecular weight is 333 g/mol. The number of rotatable bonds is 5. The van der Waals surface area contributed by atoms with E-state index in [1.807, 2.05) is 55.5 Å². The highest BCUT2D eigenvalue weighted by molar-refractivity contribution is 7.88. The predicted molar refractivity (Wildman–Crippen MR) is 88.2 cm³/mol. The summed E-state index contributed by atoms with van der Waals surface area (Å²) in [6.07, 6.45) is -0.335. The zero-order valence-electron chi connectivity index (χ0n) is 12.9. The Labute approximate surface area is 136 Å². The number of sulfonamides is 1. The molecule has 3 rings (SSSR count). The SMILES string of the molecule is Cc1ccc(CS(=O)(=O)NC[C@@H]2COc3ccccc3O2)cc1. The van der Waals surface area contributed by atoms with E-state index in [0.717, 1.165) is 11.1 Å². The fourth-order valence-electron chi connectivity index (χ4n) is 2.34. The van der Waals surface area contributed by atoms with Gasteiger partial charge in [0.2, 0.25) is 10.0 Å². The normalized spacial score (nSPS) is 17.0. The molecule has 1 atom stereocenters. The van der Waals surface area contributed by atoms with Gasteiger partial charge in [-0.15, -0.1) is 0 Å². The van der Waals surface area contributed by atoms with Gasteiger partial charge < -0.3 is 9.47 Å². The van der Waals surface area contributed by atoms with Crippen LogP contribution < -0.4 is 14.2 Å². The molecule has 0 bridgehead atoms. The number of aryl methyl sites for hydroxylation is 1. The van der Waals surface area contributed by atoms with Crippen LogP contribution in [0.4, 0.5) is 0 Å². The van der Waals surface area contributed by atoms with Gasteiger partial charge in [0, 0.05) is 0 Å². The zero-order chi connectivity index (χ0) is 16.3. The molecule has 6 heteroatoms. The van der Waals surface area contributed by atoms with Gasteiger partial charge in [0.15, 0.2) is 11.5 Å². The third-order valence-corrected chi connectivity index (χ3v) is 4.90. The summed E-state index contributed by atoms with van der Waals surface area (Å²) in [5.41, 5.74) is 1.86. The fourth-order valence-corrected chi connectivity index (χ4v) is 3.51. The molecule has 5 nitrogen and oxygen atoms in total. The molecule has 122 valence electrons. The maximum absolute atomic E-state index is 12.2. The number of hydrogen-bond acceptors (Lipinski definition) is 4. The van der Waals surface area contributed by atoms with Crippen molar-refractivity contribution in [1.29, 1.82) is 0 Å². The summed E-state index contributed by atoms with van der Waals surface area (Å²) in [6, 6.07) is 14.8. The van der Waals surface area contributed by atoms with Crippen molar-refractivity contribution < 1.29 is 17.9 Å². The monoisotopic (exact) mass is 333 g/mol. The summed E-state index contributed by atoms with van der Waals surface area (Å²) in [5, 5.41) is 0. The van der Waals surface area contributed by atoms with E-state index in [9.17, 15) is 8.42 Å². The molecular formula is C17H19NO4S. The maximum Gasteiger partial charge on any atom is 0.215 e. The third kappa shape index (κ3) is 4.24. The molecule has 0 aliphatic carbocycles. The summed E-state index contributed by atoms with van der Waals surface area (Å²) in [4.78, 5) is 0. The lowest BCUT2D eigenvalue weighted by molar-refractivity contribution is 0.0943. The number of hydrogen-bond donors (Lipinski definition) is 1. The Morgan fingerprint density at radius 2 is 1.78 bits per heavy atom. The molecule has 1 aliphatic heterocycles. The topological polar surface area (TPSA) is 64.6 Å². The molecule has 0 spiro atoms. The van der Waals surface area contributed by atoms with Crippen molar-refractivity contribution in [3.63, 3.8) is 0 Å². The fraction of sp³-hybridized carbons (Fsp3) is 0.294. The summed E-state index contributed by atoms with van der Waals surface area (Å²) < 4.78 is 38.2. The minimum Gasteiger partial charge on any atom is -0.486 e. The number of nitrogens with one attached hydrogen (secondary N) is 1. The number of para-hydroxylation sites is 2. The van der Waals surface area contributed by atoms with Gasteiger partial charge in [0.1, 0.15) is 12.7 Å². The van der Waals surface area contributed by atoms with Gasteiger partial charge in [-0.2, -0.15) is 0 Å². The van der Waals surface area contributed by atoms with Crippen LogP contribution in [0.15, 0.2) is 48.5 Å². The van der Waals surface area contributed by atoms with Crippen LogP contribution >= 0.6 is 0 Å². The van der Waals surface area contributed by atoms with Gasteiger partial charge in [-0.05, 0) is 24.6 Å². The smallest absolute Gasteiger partial charge is 0.215 e. The number of benzene rings is 2. The van der Waals surface area contributed by atoms with Crippen LogP contribution in [-0.4, -0.2) is 27.7 Å². The molecular weight excluding hydrogens is 314 g/mol. The minimum absolute atomic E-state index is 0.0442. The highest BCUT2D eigenvalue weighted by atomic mass is 32.2. The Morgan fingerprint density at radius 3 is 2.52 bits per heavy atom. The summed E-state index contributed by atoms with van der Waals surface area (Å²) in [7, 11) is -3.41. The van der Waals surface area contributed by atoms with Gasteiger partial charge >= 0.3 is 0 Å². The van der Waals surface area contributed by atoms with E-state index in [-0.39, 0.29) is 18.4 Å². The van der Waals surface area contributed by atoms with Crippen LogP contribution in [0, 0.1) is 6.92 Å².